The summed E-state index contributed by atoms with van der Waals surface area (Å²) in [5.74, 6) is 0.416. The average Bonchev–Trinajstić information content (AvgIpc) is 2.34. The number of hydrogen-bond donors (Lipinski definition) is 2. The lowest BCUT2D eigenvalue weighted by Crippen LogP contribution is -2.32. The van der Waals surface area contributed by atoms with E-state index in [1.165, 1.54) is 7.11 Å². The smallest absolute Gasteiger partial charge is 0.143 e. The Morgan fingerprint density at radius 1 is 1.37 bits per heavy atom. The normalized spacial score (nSPS) is 14.5. The predicted molar refractivity (Wildman–Crippen MR) is 79.1 cm³/mol. The van der Waals surface area contributed by atoms with Gasteiger partial charge < -0.3 is 20.5 Å². The van der Waals surface area contributed by atoms with E-state index in [0.29, 0.717) is 27.8 Å². The zero-order valence-electron chi connectivity index (χ0n) is 11.4. The lowest BCUT2D eigenvalue weighted by Gasteiger charge is -2.23. The summed E-state index contributed by atoms with van der Waals surface area (Å²) in [6, 6.07) is 2.79. The van der Waals surface area contributed by atoms with Crippen LogP contribution in [0.2, 0.25) is 10.0 Å². The molecular formula is C13H20Cl2N2O2. The standard InChI is InChI=1S/C13H20Cl2N2O2/c1-17(2)5-4-11(16)12(18)9-6-8(14)7-10(15)13(9)19-3/h6-7,11-12,18H,4-5,16H2,1-3H3. The third-order valence-corrected chi connectivity index (χ3v) is 3.37. The van der Waals surface area contributed by atoms with E-state index in [1.807, 2.05) is 19.0 Å². The van der Waals surface area contributed by atoms with Crippen molar-refractivity contribution < 1.29 is 9.84 Å². The Hall–Kier alpha value is -0.520. The average molecular weight is 307 g/mol. The maximum absolute atomic E-state index is 10.3. The molecule has 0 aliphatic heterocycles. The highest BCUT2D eigenvalue weighted by Crippen LogP contribution is 2.36. The van der Waals surface area contributed by atoms with Gasteiger partial charge in [0.05, 0.1) is 18.2 Å². The molecule has 6 heteroatoms. The topological polar surface area (TPSA) is 58.7 Å². The molecule has 108 valence electrons. The Labute approximate surface area is 124 Å². The van der Waals surface area contributed by atoms with E-state index in [4.69, 9.17) is 33.7 Å². The molecule has 0 bridgehead atoms. The number of hydrogen-bond acceptors (Lipinski definition) is 4. The molecule has 0 aliphatic rings. The molecule has 0 aromatic heterocycles. The fraction of sp³-hybridized carbons (Fsp3) is 0.538. The number of aliphatic hydroxyl groups excluding tert-OH is 1. The van der Waals surface area contributed by atoms with Crippen molar-refractivity contribution in [3.8, 4) is 5.75 Å². The van der Waals surface area contributed by atoms with Gasteiger partial charge in [-0.3, -0.25) is 0 Å². The second-order valence-electron chi connectivity index (χ2n) is 4.71. The van der Waals surface area contributed by atoms with Crippen LogP contribution in [0, 0.1) is 0 Å². The van der Waals surface area contributed by atoms with Gasteiger partial charge in [-0.25, -0.2) is 0 Å². The van der Waals surface area contributed by atoms with Gasteiger partial charge in [-0.05, 0) is 39.2 Å². The number of methoxy groups -OCH3 is 1. The van der Waals surface area contributed by atoms with Crippen LogP contribution in [0.25, 0.3) is 0 Å². The summed E-state index contributed by atoms with van der Waals surface area (Å²) in [4.78, 5) is 2.01. The highest BCUT2D eigenvalue weighted by molar-refractivity contribution is 6.35. The SMILES string of the molecule is COc1c(Cl)cc(Cl)cc1C(O)C(N)CCN(C)C. The second kappa shape index (κ2) is 7.31. The molecule has 4 nitrogen and oxygen atoms in total. The fourth-order valence-corrected chi connectivity index (χ4v) is 2.40. The van der Waals surface area contributed by atoms with Gasteiger partial charge in [-0.15, -0.1) is 0 Å². The maximum Gasteiger partial charge on any atom is 0.143 e. The molecule has 0 spiro atoms. The molecular weight excluding hydrogens is 287 g/mol. The molecule has 0 radical (unpaired) electrons. The van der Waals surface area contributed by atoms with Gasteiger partial charge >= 0.3 is 0 Å². The van der Waals surface area contributed by atoms with Crippen LogP contribution in [0.3, 0.4) is 0 Å². The van der Waals surface area contributed by atoms with E-state index in [-0.39, 0.29) is 0 Å². The fourth-order valence-electron chi connectivity index (χ4n) is 1.81. The summed E-state index contributed by atoms with van der Waals surface area (Å²) in [6.07, 6.45) is -0.215. The van der Waals surface area contributed by atoms with Crippen LogP contribution in [-0.4, -0.2) is 43.8 Å². The van der Waals surface area contributed by atoms with Crippen molar-refractivity contribution in [2.75, 3.05) is 27.7 Å². The van der Waals surface area contributed by atoms with Crippen molar-refractivity contribution in [2.24, 2.45) is 5.73 Å². The van der Waals surface area contributed by atoms with Crippen molar-refractivity contribution >= 4 is 23.2 Å². The number of benzene rings is 1. The molecule has 19 heavy (non-hydrogen) atoms. The van der Waals surface area contributed by atoms with E-state index in [1.54, 1.807) is 12.1 Å². The summed E-state index contributed by atoms with van der Waals surface area (Å²) in [5, 5.41) is 11.1. The molecule has 1 aromatic carbocycles. The van der Waals surface area contributed by atoms with Gasteiger partial charge in [0.25, 0.3) is 0 Å². The zero-order valence-corrected chi connectivity index (χ0v) is 12.9. The molecule has 0 heterocycles. The molecule has 2 atom stereocenters. The van der Waals surface area contributed by atoms with E-state index in [2.05, 4.69) is 0 Å². The first kappa shape index (κ1) is 16.5. The molecule has 1 rings (SSSR count). The minimum absolute atomic E-state index is 0.365. The molecule has 1 aromatic rings. The second-order valence-corrected chi connectivity index (χ2v) is 5.55. The Bertz CT molecular complexity index is 427. The summed E-state index contributed by atoms with van der Waals surface area (Å²) in [6.45, 7) is 0.787. The van der Waals surface area contributed by atoms with Crippen LogP contribution in [0.1, 0.15) is 18.1 Å². The van der Waals surface area contributed by atoms with Gasteiger partial charge in [0.15, 0.2) is 0 Å². The van der Waals surface area contributed by atoms with Crippen molar-refractivity contribution in [1.82, 2.24) is 4.90 Å². The van der Waals surface area contributed by atoms with Crippen LogP contribution in [0.5, 0.6) is 5.75 Å². The van der Waals surface area contributed by atoms with E-state index in [0.717, 1.165) is 6.54 Å². The summed E-state index contributed by atoms with van der Waals surface area (Å²) < 4.78 is 5.21. The predicted octanol–water partition coefficient (Wildman–Crippen LogP) is 2.31. The Morgan fingerprint density at radius 2 is 2.00 bits per heavy atom. The van der Waals surface area contributed by atoms with Crippen LogP contribution in [0.4, 0.5) is 0 Å². The first-order valence-electron chi connectivity index (χ1n) is 5.98. The highest BCUT2D eigenvalue weighted by Gasteiger charge is 2.23. The number of nitrogens with two attached hydrogens (primary N) is 1. The summed E-state index contributed by atoms with van der Waals surface area (Å²) in [7, 11) is 5.41. The number of aliphatic hydroxyl groups is 1. The molecule has 3 N–H and O–H groups in total. The van der Waals surface area contributed by atoms with E-state index >= 15 is 0 Å². The number of rotatable bonds is 6. The lowest BCUT2D eigenvalue weighted by molar-refractivity contribution is 0.134. The van der Waals surface area contributed by atoms with Crippen LogP contribution in [0.15, 0.2) is 12.1 Å². The number of nitrogens with zero attached hydrogens (tertiary/aromatic N) is 1. The van der Waals surface area contributed by atoms with Crippen molar-refractivity contribution in [3.05, 3.63) is 27.7 Å². The van der Waals surface area contributed by atoms with Crippen LogP contribution < -0.4 is 10.5 Å². The van der Waals surface area contributed by atoms with Gasteiger partial charge in [0.2, 0.25) is 0 Å². The van der Waals surface area contributed by atoms with Crippen LogP contribution >= 0.6 is 23.2 Å². The zero-order chi connectivity index (χ0) is 14.6. The first-order valence-corrected chi connectivity index (χ1v) is 6.73. The van der Waals surface area contributed by atoms with Crippen molar-refractivity contribution in [2.45, 2.75) is 18.6 Å². The minimum Gasteiger partial charge on any atom is -0.495 e. The molecule has 0 amide bonds. The molecule has 0 saturated carbocycles. The van der Waals surface area contributed by atoms with E-state index in [9.17, 15) is 5.11 Å². The van der Waals surface area contributed by atoms with Crippen molar-refractivity contribution in [3.63, 3.8) is 0 Å². The monoisotopic (exact) mass is 306 g/mol. The molecule has 0 fully saturated rings. The van der Waals surface area contributed by atoms with Crippen molar-refractivity contribution in [1.29, 1.82) is 0 Å². The third kappa shape index (κ3) is 4.51. The maximum atomic E-state index is 10.3. The third-order valence-electron chi connectivity index (χ3n) is 2.88. The highest BCUT2D eigenvalue weighted by atomic mass is 35.5. The van der Waals surface area contributed by atoms with Gasteiger partial charge in [0.1, 0.15) is 5.75 Å². The summed E-state index contributed by atoms with van der Waals surface area (Å²) >= 11 is 12.0. The van der Waals surface area contributed by atoms with Crippen LogP contribution in [-0.2, 0) is 0 Å². The molecule has 0 saturated heterocycles. The van der Waals surface area contributed by atoms with Gasteiger partial charge in [-0.1, -0.05) is 23.2 Å². The Kier molecular flexibility index (Phi) is 6.36. The first-order chi connectivity index (χ1) is 8.86. The number of halogens is 2. The Morgan fingerprint density at radius 3 is 2.53 bits per heavy atom. The molecule has 0 aliphatic carbocycles. The molecule has 2 unspecified atom stereocenters. The Balaban J connectivity index is 2.94. The largest absolute Gasteiger partial charge is 0.495 e. The summed E-state index contributed by atoms with van der Waals surface area (Å²) in [5.41, 5.74) is 6.52. The van der Waals surface area contributed by atoms with Gasteiger partial charge in [0, 0.05) is 16.6 Å². The van der Waals surface area contributed by atoms with E-state index < -0.39 is 12.1 Å². The lowest BCUT2D eigenvalue weighted by atomic mass is 9.99. The quantitative estimate of drug-likeness (QED) is 0.847. The van der Waals surface area contributed by atoms with Gasteiger partial charge in [-0.2, -0.15) is 0 Å². The minimum atomic E-state index is -0.869. The number of ether oxygens (including phenoxy) is 1.